The van der Waals surface area contributed by atoms with E-state index in [1.165, 1.54) is 0 Å². The van der Waals surface area contributed by atoms with Crippen molar-refractivity contribution in [3.63, 3.8) is 0 Å². The van der Waals surface area contributed by atoms with E-state index in [1.54, 1.807) is 12.0 Å². The fraction of sp³-hybridized carbons (Fsp3) is 0.297. The lowest BCUT2D eigenvalue weighted by Gasteiger charge is -2.19. The summed E-state index contributed by atoms with van der Waals surface area (Å²) in [6.45, 7) is 4.78. The molecule has 7 heteroatoms. The monoisotopic (exact) mass is 595 g/mol. The number of amides is 1. The van der Waals surface area contributed by atoms with E-state index in [0.29, 0.717) is 38.2 Å². The number of benzene rings is 4. The molecule has 0 bridgehead atoms. The van der Waals surface area contributed by atoms with Crippen molar-refractivity contribution >= 4 is 11.9 Å². The predicted octanol–water partition coefficient (Wildman–Crippen LogP) is 7.34. The van der Waals surface area contributed by atoms with Gasteiger partial charge in [-0.15, -0.1) is 0 Å². The van der Waals surface area contributed by atoms with Gasteiger partial charge in [0.1, 0.15) is 23.9 Å². The summed E-state index contributed by atoms with van der Waals surface area (Å²) in [6.07, 6.45) is 1.60. The number of ether oxygens (including phenoxy) is 3. The summed E-state index contributed by atoms with van der Waals surface area (Å²) in [4.78, 5) is 25.9. The molecule has 0 aliphatic rings. The van der Waals surface area contributed by atoms with Crippen LogP contribution >= 0.6 is 0 Å². The van der Waals surface area contributed by atoms with Crippen LogP contribution in [0.4, 0.5) is 0 Å². The fourth-order valence-electron chi connectivity index (χ4n) is 4.91. The lowest BCUT2D eigenvalue weighted by Crippen LogP contribution is -2.26. The molecule has 0 aromatic heterocycles. The zero-order valence-electron chi connectivity index (χ0n) is 25.9. The van der Waals surface area contributed by atoms with Crippen LogP contribution in [0, 0.1) is 0 Å². The highest BCUT2D eigenvalue weighted by atomic mass is 16.5. The number of carboxylic acid groups (broad SMARTS) is 1. The molecule has 4 aromatic carbocycles. The first-order valence-corrected chi connectivity index (χ1v) is 14.9. The lowest BCUT2D eigenvalue weighted by molar-refractivity contribution is -0.137. The molecule has 4 aromatic rings. The van der Waals surface area contributed by atoms with Crippen molar-refractivity contribution in [3.8, 4) is 28.4 Å². The maximum Gasteiger partial charge on any atom is 0.303 e. The average Bonchev–Trinajstić information content (AvgIpc) is 3.02. The Morgan fingerprint density at radius 1 is 0.773 bits per heavy atom. The van der Waals surface area contributed by atoms with Crippen LogP contribution in [0.1, 0.15) is 48.9 Å². The molecule has 0 aliphatic carbocycles. The first-order chi connectivity index (χ1) is 21.2. The zero-order chi connectivity index (χ0) is 31.5. The van der Waals surface area contributed by atoms with Crippen LogP contribution in [0.25, 0.3) is 11.1 Å². The van der Waals surface area contributed by atoms with E-state index < -0.39 is 5.97 Å². The van der Waals surface area contributed by atoms with Gasteiger partial charge in [0.05, 0.1) is 13.2 Å². The summed E-state index contributed by atoms with van der Waals surface area (Å²) in [5.41, 5.74) is 5.80. The van der Waals surface area contributed by atoms with Crippen LogP contribution in [0.3, 0.4) is 0 Å². The Labute approximate surface area is 260 Å². The molecule has 0 unspecified atom stereocenters. The Hall–Kier alpha value is -4.78. The van der Waals surface area contributed by atoms with Crippen LogP contribution in [0.2, 0.25) is 0 Å². The van der Waals surface area contributed by atoms with Crippen LogP contribution in [-0.2, 0) is 35.6 Å². The molecular weight excluding hydrogens is 554 g/mol. The number of aryl methyl sites for hydroxylation is 2. The highest BCUT2D eigenvalue weighted by Gasteiger charge is 2.14. The van der Waals surface area contributed by atoms with Crippen molar-refractivity contribution in [2.24, 2.45) is 0 Å². The number of methoxy groups -OCH3 is 1. The minimum atomic E-state index is -0.839. The van der Waals surface area contributed by atoms with Gasteiger partial charge in [0.2, 0.25) is 5.91 Å². The van der Waals surface area contributed by atoms with Gasteiger partial charge >= 0.3 is 5.97 Å². The highest BCUT2D eigenvalue weighted by molar-refractivity contribution is 5.76. The van der Waals surface area contributed by atoms with Crippen LogP contribution in [0.15, 0.2) is 91.0 Å². The summed E-state index contributed by atoms with van der Waals surface area (Å²) in [5.74, 6) is 1.48. The summed E-state index contributed by atoms with van der Waals surface area (Å²) in [6, 6.07) is 29.5. The largest absolute Gasteiger partial charge is 0.497 e. The molecule has 1 N–H and O–H groups in total. The van der Waals surface area contributed by atoms with Crippen molar-refractivity contribution in [1.82, 2.24) is 4.90 Å². The van der Waals surface area contributed by atoms with Crippen molar-refractivity contribution in [2.45, 2.75) is 58.8 Å². The number of carbonyl (C=O) groups excluding carboxylic acids is 1. The summed E-state index contributed by atoms with van der Waals surface area (Å²) < 4.78 is 17.4. The molecule has 0 saturated heterocycles. The van der Waals surface area contributed by atoms with Crippen molar-refractivity contribution in [2.75, 3.05) is 14.2 Å². The first kappa shape index (κ1) is 32.1. The molecule has 0 radical (unpaired) electrons. The van der Waals surface area contributed by atoms with Crippen LogP contribution in [0.5, 0.6) is 17.2 Å². The van der Waals surface area contributed by atoms with E-state index >= 15 is 0 Å². The molecule has 0 saturated carbocycles. The van der Waals surface area contributed by atoms with Gasteiger partial charge in [-0.2, -0.15) is 0 Å². The zero-order valence-corrected chi connectivity index (χ0v) is 25.9. The number of hydrogen-bond acceptors (Lipinski definition) is 5. The number of rotatable bonds is 15. The summed E-state index contributed by atoms with van der Waals surface area (Å²) in [7, 11) is 3.46. The number of hydrogen-bond donors (Lipinski definition) is 1. The quantitative estimate of drug-likeness (QED) is 0.155. The molecule has 1 amide bonds. The Balaban J connectivity index is 1.48. The molecular formula is C37H41NO6. The Morgan fingerprint density at radius 3 is 2.20 bits per heavy atom. The molecule has 0 fully saturated rings. The third kappa shape index (κ3) is 9.63. The van der Waals surface area contributed by atoms with Crippen molar-refractivity contribution in [1.29, 1.82) is 0 Å². The molecule has 0 spiro atoms. The van der Waals surface area contributed by atoms with Crippen molar-refractivity contribution in [3.05, 3.63) is 113 Å². The standard InChI is InChI=1S/C37H41NO6/c1-26(2)44-33-10-6-8-30(22-33)25-43-35-23-28(15-20-37(40)41)13-18-34(35)31-9-5-7-29(21-31)24-38(3)36(39)19-14-27-11-16-32(42-4)17-12-27/h5-13,16-18,21-23,26H,14-15,19-20,24-25H2,1-4H3,(H,40,41). The molecule has 7 nitrogen and oxygen atoms in total. The normalized spacial score (nSPS) is 10.8. The van der Waals surface area contributed by atoms with Gasteiger partial charge in [-0.3, -0.25) is 9.59 Å². The van der Waals surface area contributed by atoms with E-state index in [9.17, 15) is 14.7 Å². The number of nitrogens with zero attached hydrogens (tertiary/aromatic N) is 1. The third-order valence-electron chi connectivity index (χ3n) is 7.21. The van der Waals surface area contributed by atoms with E-state index in [-0.39, 0.29) is 18.4 Å². The Morgan fingerprint density at radius 2 is 1.48 bits per heavy atom. The van der Waals surface area contributed by atoms with Gasteiger partial charge < -0.3 is 24.2 Å². The highest BCUT2D eigenvalue weighted by Crippen LogP contribution is 2.33. The number of aliphatic carboxylic acids is 1. The van der Waals surface area contributed by atoms with Gasteiger partial charge in [-0.05, 0) is 90.9 Å². The summed E-state index contributed by atoms with van der Waals surface area (Å²) in [5, 5.41) is 9.19. The van der Waals surface area contributed by atoms with Gasteiger partial charge in [-0.25, -0.2) is 0 Å². The maximum atomic E-state index is 12.9. The van der Waals surface area contributed by atoms with E-state index in [2.05, 4.69) is 6.07 Å². The second-order valence-electron chi connectivity index (χ2n) is 11.1. The number of carboxylic acids is 1. The van der Waals surface area contributed by atoms with Gasteiger partial charge in [0.15, 0.2) is 0 Å². The topological polar surface area (TPSA) is 85.3 Å². The second kappa shape index (κ2) is 15.6. The molecule has 0 atom stereocenters. The Kier molecular flexibility index (Phi) is 11.4. The predicted molar refractivity (Wildman–Crippen MR) is 172 cm³/mol. The Bertz CT molecular complexity index is 1550. The van der Waals surface area contributed by atoms with E-state index in [1.807, 2.05) is 106 Å². The van der Waals surface area contributed by atoms with Crippen LogP contribution < -0.4 is 14.2 Å². The van der Waals surface area contributed by atoms with E-state index in [0.717, 1.165) is 44.9 Å². The molecule has 230 valence electrons. The molecule has 0 aliphatic heterocycles. The third-order valence-corrected chi connectivity index (χ3v) is 7.21. The van der Waals surface area contributed by atoms with Gasteiger partial charge in [-0.1, -0.05) is 54.6 Å². The minimum Gasteiger partial charge on any atom is -0.497 e. The van der Waals surface area contributed by atoms with Gasteiger partial charge in [0, 0.05) is 32.0 Å². The smallest absolute Gasteiger partial charge is 0.303 e. The first-order valence-electron chi connectivity index (χ1n) is 14.9. The second-order valence-corrected chi connectivity index (χ2v) is 11.1. The molecule has 44 heavy (non-hydrogen) atoms. The minimum absolute atomic E-state index is 0.0433. The van der Waals surface area contributed by atoms with E-state index in [4.69, 9.17) is 14.2 Å². The van der Waals surface area contributed by atoms with Crippen molar-refractivity contribution < 1.29 is 28.9 Å². The number of carbonyl (C=O) groups is 2. The molecule has 0 heterocycles. The average molecular weight is 596 g/mol. The lowest BCUT2D eigenvalue weighted by atomic mass is 9.99. The summed E-state index contributed by atoms with van der Waals surface area (Å²) >= 11 is 0. The molecule has 4 rings (SSSR count). The van der Waals surface area contributed by atoms with Crippen LogP contribution in [-0.4, -0.2) is 42.1 Å². The maximum absolute atomic E-state index is 12.9. The fourth-order valence-corrected chi connectivity index (χ4v) is 4.91. The van der Waals surface area contributed by atoms with Gasteiger partial charge in [0.25, 0.3) is 0 Å². The SMILES string of the molecule is COc1ccc(CCC(=O)N(C)Cc2cccc(-c3ccc(CCC(=O)O)cc3OCc3cccc(OC(C)C)c3)c2)cc1.